The van der Waals surface area contributed by atoms with E-state index in [1.165, 1.54) is 0 Å². The Balaban J connectivity index is 1.47. The fourth-order valence-corrected chi connectivity index (χ4v) is 4.42. The van der Waals surface area contributed by atoms with Crippen LogP contribution in [0.4, 0.5) is 16.2 Å². The number of anilines is 2. The number of urea groups is 1. The van der Waals surface area contributed by atoms with Crippen LogP contribution >= 0.6 is 0 Å². The summed E-state index contributed by atoms with van der Waals surface area (Å²) in [6.45, 7) is 3.69. The van der Waals surface area contributed by atoms with E-state index in [9.17, 15) is 14.4 Å². The van der Waals surface area contributed by atoms with Gasteiger partial charge in [0, 0.05) is 26.8 Å². The lowest BCUT2D eigenvalue weighted by molar-refractivity contribution is -0.140. The highest BCUT2D eigenvalue weighted by molar-refractivity contribution is 6.03. The molecule has 2 N–H and O–H groups in total. The summed E-state index contributed by atoms with van der Waals surface area (Å²) in [4.78, 5) is 41.2. The van der Waals surface area contributed by atoms with Crippen molar-refractivity contribution < 1.29 is 28.4 Å². The molecule has 1 fully saturated rings. The molecule has 11 heteroatoms. The molecule has 1 saturated heterocycles. The van der Waals surface area contributed by atoms with Crippen molar-refractivity contribution in [2.45, 2.75) is 51.4 Å². The lowest BCUT2D eigenvalue weighted by atomic mass is 9.94. The van der Waals surface area contributed by atoms with Gasteiger partial charge in [-0.05, 0) is 44.9 Å². The number of fused-ring (bicyclic) bond motifs is 2. The zero-order valence-electron chi connectivity index (χ0n) is 20.6. The number of nitrogens with zero attached hydrogens (tertiary/aromatic N) is 3. The molecule has 1 aromatic heterocycles. The Morgan fingerprint density at radius 2 is 1.97 bits per heavy atom. The van der Waals surface area contributed by atoms with Crippen LogP contribution in [0.25, 0.3) is 0 Å². The van der Waals surface area contributed by atoms with Crippen molar-refractivity contribution in [2.24, 2.45) is 0 Å². The number of carbonyl (C=O) groups is 3. The van der Waals surface area contributed by atoms with E-state index < -0.39 is 6.03 Å². The van der Waals surface area contributed by atoms with Gasteiger partial charge in [-0.15, -0.1) is 0 Å². The van der Waals surface area contributed by atoms with Gasteiger partial charge < -0.3 is 34.4 Å². The summed E-state index contributed by atoms with van der Waals surface area (Å²) in [6, 6.07) is 4.26. The molecule has 35 heavy (non-hydrogen) atoms. The summed E-state index contributed by atoms with van der Waals surface area (Å²) < 4.78 is 17.2. The molecule has 2 aromatic rings. The van der Waals surface area contributed by atoms with Crippen LogP contribution in [0.3, 0.4) is 0 Å². The average Bonchev–Trinajstić information content (AvgIpc) is 3.13. The number of likely N-dealkylation sites (N-methyl/N-ethyl adjacent to an activating group) is 1. The second kappa shape index (κ2) is 9.95. The lowest BCUT2D eigenvalue weighted by Gasteiger charge is -2.42. The molecule has 11 nitrogen and oxygen atoms in total. The summed E-state index contributed by atoms with van der Waals surface area (Å²) in [6.07, 6.45) is 1.13. The van der Waals surface area contributed by atoms with Crippen LogP contribution in [-0.2, 0) is 9.53 Å². The van der Waals surface area contributed by atoms with Gasteiger partial charge in [-0.2, -0.15) is 0 Å². The topological polar surface area (TPSA) is 126 Å². The maximum atomic E-state index is 13.4. The van der Waals surface area contributed by atoms with Crippen LogP contribution in [0.15, 0.2) is 22.7 Å². The number of hydrogen-bond donors (Lipinski definition) is 2. The van der Waals surface area contributed by atoms with Gasteiger partial charge >= 0.3 is 6.03 Å². The Morgan fingerprint density at radius 3 is 2.66 bits per heavy atom. The fourth-order valence-electron chi connectivity index (χ4n) is 4.42. The summed E-state index contributed by atoms with van der Waals surface area (Å²) >= 11 is 0. The number of aryl methyl sites for hydroxylation is 2. The third kappa shape index (κ3) is 5.24. The van der Waals surface area contributed by atoms with E-state index in [1.54, 1.807) is 63.0 Å². The summed E-state index contributed by atoms with van der Waals surface area (Å²) in [5.74, 6) is 0.690. The molecule has 0 aliphatic carbocycles. The van der Waals surface area contributed by atoms with E-state index in [0.717, 1.165) is 0 Å². The van der Waals surface area contributed by atoms with Gasteiger partial charge in [-0.1, -0.05) is 5.16 Å². The van der Waals surface area contributed by atoms with Gasteiger partial charge in [0.2, 0.25) is 5.91 Å². The van der Waals surface area contributed by atoms with Crippen molar-refractivity contribution in [1.29, 1.82) is 0 Å². The minimum atomic E-state index is -0.481. The van der Waals surface area contributed by atoms with Crippen LogP contribution < -0.4 is 15.4 Å². The van der Waals surface area contributed by atoms with Crippen molar-refractivity contribution in [3.63, 3.8) is 0 Å². The maximum Gasteiger partial charge on any atom is 0.323 e. The highest BCUT2D eigenvalue weighted by Crippen LogP contribution is 2.32. The van der Waals surface area contributed by atoms with Crippen LogP contribution in [0, 0.1) is 13.8 Å². The van der Waals surface area contributed by atoms with Crippen molar-refractivity contribution >= 4 is 29.2 Å². The number of aromatic nitrogens is 1. The van der Waals surface area contributed by atoms with Crippen molar-refractivity contribution in [3.05, 3.63) is 35.2 Å². The molecule has 0 spiro atoms. The first-order valence-electron chi connectivity index (χ1n) is 11.5. The number of amides is 4. The molecule has 2 aliphatic heterocycles. The molecular formula is C24H31N5O6. The molecular weight excluding hydrogens is 454 g/mol. The predicted molar refractivity (Wildman–Crippen MR) is 128 cm³/mol. The Labute approximate surface area is 203 Å². The number of carbonyl (C=O) groups excluding carboxylic acids is 3. The van der Waals surface area contributed by atoms with E-state index >= 15 is 0 Å². The van der Waals surface area contributed by atoms with Crippen molar-refractivity contribution in [2.75, 3.05) is 38.4 Å². The Morgan fingerprint density at radius 1 is 1.20 bits per heavy atom. The highest BCUT2D eigenvalue weighted by atomic mass is 16.5. The zero-order chi connectivity index (χ0) is 25.3. The Kier molecular flexibility index (Phi) is 6.97. The van der Waals surface area contributed by atoms with E-state index in [-0.39, 0.29) is 36.7 Å². The number of benzene rings is 1. The normalized spacial score (nSPS) is 21.7. The van der Waals surface area contributed by atoms with Gasteiger partial charge in [0.15, 0.2) is 5.76 Å². The molecule has 0 saturated carbocycles. The second-order valence-electron chi connectivity index (χ2n) is 9.15. The molecule has 2 aliphatic rings. The molecule has 0 radical (unpaired) electrons. The van der Waals surface area contributed by atoms with Crippen LogP contribution in [0.1, 0.15) is 41.1 Å². The Bertz CT molecular complexity index is 1110. The lowest BCUT2D eigenvalue weighted by Crippen LogP contribution is -2.53. The molecule has 0 unspecified atom stereocenters. The van der Waals surface area contributed by atoms with Gasteiger partial charge in [0.1, 0.15) is 29.8 Å². The minimum absolute atomic E-state index is 0.00779. The molecule has 4 amide bonds. The fraction of sp³-hybridized carbons (Fsp3) is 0.500. The van der Waals surface area contributed by atoms with Gasteiger partial charge in [0.25, 0.3) is 5.91 Å². The van der Waals surface area contributed by atoms with Gasteiger partial charge in [0.05, 0.1) is 24.1 Å². The minimum Gasteiger partial charge on any atom is -0.490 e. The summed E-state index contributed by atoms with van der Waals surface area (Å²) in [5, 5.41) is 9.27. The molecule has 3 atom stereocenters. The molecule has 188 valence electrons. The van der Waals surface area contributed by atoms with Crippen LogP contribution in [0.5, 0.6) is 5.75 Å². The third-order valence-electron chi connectivity index (χ3n) is 6.44. The third-order valence-corrected chi connectivity index (χ3v) is 6.44. The maximum absolute atomic E-state index is 13.4. The predicted octanol–water partition coefficient (Wildman–Crippen LogP) is 2.79. The number of rotatable bonds is 4. The standard InChI is InChI=1S/C24H31N5O6/c1-13-22(14(2)35-27-13)26-24(32)25-15-6-9-19-17(10-15)23(31)29(5)18-8-7-16(11-21(30)28(3)4)34-20(18)12-33-19/h6,9-10,16,18,20H,7-8,11-12H2,1-5H3,(H2,25,26,32)/t16-,18+,20+/m0/s1. The van der Waals surface area contributed by atoms with E-state index in [0.29, 0.717) is 53.4 Å². The van der Waals surface area contributed by atoms with E-state index in [2.05, 4.69) is 15.8 Å². The zero-order valence-corrected chi connectivity index (χ0v) is 20.6. The summed E-state index contributed by atoms with van der Waals surface area (Å²) in [5.41, 5.74) is 1.86. The smallest absolute Gasteiger partial charge is 0.323 e. The van der Waals surface area contributed by atoms with E-state index in [1.807, 2.05) is 0 Å². The van der Waals surface area contributed by atoms with Crippen LogP contribution in [0.2, 0.25) is 0 Å². The Hall–Kier alpha value is -3.60. The number of hydrogen-bond acceptors (Lipinski definition) is 7. The molecule has 0 bridgehead atoms. The van der Waals surface area contributed by atoms with Gasteiger partial charge in [-0.3, -0.25) is 9.59 Å². The van der Waals surface area contributed by atoms with Crippen molar-refractivity contribution in [1.82, 2.24) is 15.0 Å². The summed E-state index contributed by atoms with van der Waals surface area (Å²) in [7, 11) is 5.19. The first kappa shape index (κ1) is 24.5. The quantitative estimate of drug-likeness (QED) is 0.682. The highest BCUT2D eigenvalue weighted by Gasteiger charge is 2.39. The average molecular weight is 486 g/mol. The van der Waals surface area contributed by atoms with Crippen molar-refractivity contribution in [3.8, 4) is 5.75 Å². The first-order chi connectivity index (χ1) is 16.6. The monoisotopic (exact) mass is 485 g/mol. The van der Waals surface area contributed by atoms with Crippen LogP contribution in [-0.4, -0.2) is 78.8 Å². The molecule has 4 rings (SSSR count). The second-order valence-corrected chi connectivity index (χ2v) is 9.15. The first-order valence-corrected chi connectivity index (χ1v) is 11.5. The largest absolute Gasteiger partial charge is 0.490 e. The van der Waals surface area contributed by atoms with Gasteiger partial charge in [-0.25, -0.2) is 4.79 Å². The SMILES string of the molecule is Cc1noc(C)c1NC(=O)Nc1ccc2c(c1)C(=O)N(C)[C@@H]1CC[C@@H](CC(=O)N(C)C)O[C@@H]1CO2. The molecule has 1 aromatic carbocycles. The molecule has 3 heterocycles. The number of nitrogens with one attached hydrogen (secondary N) is 2. The van der Waals surface area contributed by atoms with E-state index in [4.69, 9.17) is 14.0 Å². The number of ether oxygens (including phenoxy) is 2.